The number of hydrogen-bond donors (Lipinski definition) is 1. The average Bonchev–Trinajstić information content (AvgIpc) is 2.89. The van der Waals surface area contributed by atoms with Crippen molar-refractivity contribution in [3.05, 3.63) is 27.7 Å². The first-order valence-electron chi connectivity index (χ1n) is 7.03. The lowest BCUT2D eigenvalue weighted by atomic mass is 10.2. The zero-order valence-corrected chi connectivity index (χ0v) is 14.7. The van der Waals surface area contributed by atoms with Crippen LogP contribution in [0.5, 0.6) is 0 Å². The monoisotopic (exact) mass is 364 g/mol. The van der Waals surface area contributed by atoms with Gasteiger partial charge in [-0.2, -0.15) is 0 Å². The fourth-order valence-electron chi connectivity index (χ4n) is 2.36. The van der Waals surface area contributed by atoms with Crippen molar-refractivity contribution in [2.45, 2.75) is 37.6 Å². The minimum absolute atomic E-state index is 0.00359. The number of carbonyl (C=O) groups excluding carboxylic acids is 1. The SMILES string of the molecule is CC(C)NS(=O)(=O)c1cc(C(=O)N2CCCC2)c(Cl)cc1Cl. The number of halogens is 2. The van der Waals surface area contributed by atoms with Crippen molar-refractivity contribution in [3.8, 4) is 0 Å². The molecule has 0 radical (unpaired) electrons. The van der Waals surface area contributed by atoms with E-state index >= 15 is 0 Å². The van der Waals surface area contributed by atoms with E-state index in [1.54, 1.807) is 18.7 Å². The predicted octanol–water partition coefficient (Wildman–Crippen LogP) is 2.92. The van der Waals surface area contributed by atoms with Gasteiger partial charge in [-0.15, -0.1) is 0 Å². The van der Waals surface area contributed by atoms with Crippen LogP contribution in [-0.4, -0.2) is 38.4 Å². The second kappa shape index (κ2) is 6.74. The summed E-state index contributed by atoms with van der Waals surface area (Å²) in [6.07, 6.45) is 1.88. The lowest BCUT2D eigenvalue weighted by Gasteiger charge is -2.18. The standard InChI is InChI=1S/C14H18Cl2N2O3S/c1-9(2)17-22(20,21)13-7-10(11(15)8-12(13)16)14(19)18-5-3-4-6-18/h7-9,17H,3-6H2,1-2H3. The van der Waals surface area contributed by atoms with Crippen molar-refractivity contribution in [2.24, 2.45) is 0 Å². The Labute approximate surface area is 140 Å². The van der Waals surface area contributed by atoms with Gasteiger partial charge in [0.2, 0.25) is 10.0 Å². The van der Waals surface area contributed by atoms with Crippen molar-refractivity contribution in [2.75, 3.05) is 13.1 Å². The maximum absolute atomic E-state index is 12.5. The van der Waals surface area contributed by atoms with Gasteiger partial charge in [-0.25, -0.2) is 13.1 Å². The van der Waals surface area contributed by atoms with Crippen molar-refractivity contribution < 1.29 is 13.2 Å². The molecule has 1 amide bonds. The first kappa shape index (κ1) is 17.5. The molecule has 22 heavy (non-hydrogen) atoms. The van der Waals surface area contributed by atoms with Crippen molar-refractivity contribution >= 4 is 39.1 Å². The molecule has 1 aromatic rings. The molecule has 1 saturated heterocycles. The molecule has 0 saturated carbocycles. The van der Waals surface area contributed by atoms with Crippen LogP contribution >= 0.6 is 23.2 Å². The molecule has 0 aromatic heterocycles. The van der Waals surface area contributed by atoms with Gasteiger partial charge in [-0.05, 0) is 38.8 Å². The minimum Gasteiger partial charge on any atom is -0.339 e. The molecule has 1 heterocycles. The third kappa shape index (κ3) is 3.74. The summed E-state index contributed by atoms with van der Waals surface area (Å²) >= 11 is 12.1. The second-order valence-electron chi connectivity index (χ2n) is 5.54. The highest BCUT2D eigenvalue weighted by molar-refractivity contribution is 7.89. The number of amides is 1. The zero-order chi connectivity index (χ0) is 16.5. The van der Waals surface area contributed by atoms with Crippen LogP contribution in [0.2, 0.25) is 10.0 Å². The maximum Gasteiger partial charge on any atom is 0.255 e. The first-order chi connectivity index (χ1) is 10.2. The largest absolute Gasteiger partial charge is 0.339 e. The summed E-state index contributed by atoms with van der Waals surface area (Å²) < 4.78 is 27.1. The number of sulfonamides is 1. The molecule has 0 bridgehead atoms. The molecule has 1 N–H and O–H groups in total. The smallest absolute Gasteiger partial charge is 0.255 e. The van der Waals surface area contributed by atoms with Crippen LogP contribution in [0.15, 0.2) is 17.0 Å². The lowest BCUT2D eigenvalue weighted by molar-refractivity contribution is 0.0793. The van der Waals surface area contributed by atoms with E-state index in [1.165, 1.54) is 12.1 Å². The Morgan fingerprint density at radius 3 is 2.32 bits per heavy atom. The Morgan fingerprint density at radius 1 is 1.18 bits per heavy atom. The molecule has 2 rings (SSSR count). The number of hydrogen-bond acceptors (Lipinski definition) is 3. The van der Waals surface area contributed by atoms with Gasteiger partial charge < -0.3 is 4.90 Å². The number of carbonyl (C=O) groups is 1. The number of benzene rings is 1. The Bertz CT molecular complexity index is 684. The van der Waals surface area contributed by atoms with Gasteiger partial charge in [0.05, 0.1) is 15.6 Å². The minimum atomic E-state index is -3.80. The average molecular weight is 365 g/mol. The topological polar surface area (TPSA) is 66.5 Å². The summed E-state index contributed by atoms with van der Waals surface area (Å²) in [5.74, 6) is -0.264. The molecular formula is C14H18Cl2N2O3S. The number of rotatable bonds is 4. The maximum atomic E-state index is 12.5. The summed E-state index contributed by atoms with van der Waals surface area (Å²) in [7, 11) is -3.80. The summed E-state index contributed by atoms with van der Waals surface area (Å²) in [6.45, 7) is 4.73. The normalized spacial score (nSPS) is 15.6. The van der Waals surface area contributed by atoms with E-state index in [4.69, 9.17) is 23.2 Å². The molecule has 0 atom stereocenters. The highest BCUT2D eigenvalue weighted by Gasteiger charge is 2.26. The fraction of sp³-hybridized carbons (Fsp3) is 0.500. The van der Waals surface area contributed by atoms with E-state index in [0.717, 1.165) is 12.8 Å². The molecule has 0 spiro atoms. The van der Waals surface area contributed by atoms with Crippen molar-refractivity contribution in [1.29, 1.82) is 0 Å². The van der Waals surface area contributed by atoms with Gasteiger partial charge in [0.25, 0.3) is 5.91 Å². The fourth-order valence-corrected chi connectivity index (χ4v) is 4.47. The lowest BCUT2D eigenvalue weighted by Crippen LogP contribution is -2.31. The Balaban J connectivity index is 2.45. The van der Waals surface area contributed by atoms with Crippen LogP contribution in [0.25, 0.3) is 0 Å². The Morgan fingerprint density at radius 2 is 1.77 bits per heavy atom. The summed E-state index contributed by atoms with van der Waals surface area (Å²) in [4.78, 5) is 14.0. The highest BCUT2D eigenvalue weighted by Crippen LogP contribution is 2.30. The molecule has 5 nitrogen and oxygen atoms in total. The van der Waals surface area contributed by atoms with Crippen molar-refractivity contribution in [3.63, 3.8) is 0 Å². The molecule has 1 aliphatic heterocycles. The Kier molecular flexibility index (Phi) is 5.37. The highest BCUT2D eigenvalue weighted by atomic mass is 35.5. The van der Waals surface area contributed by atoms with Crippen LogP contribution in [0.4, 0.5) is 0 Å². The van der Waals surface area contributed by atoms with Crippen LogP contribution in [0, 0.1) is 0 Å². The van der Waals surface area contributed by atoms with Gasteiger partial charge in [-0.3, -0.25) is 4.79 Å². The van der Waals surface area contributed by atoms with Crippen LogP contribution in [0.1, 0.15) is 37.0 Å². The summed E-state index contributed by atoms with van der Waals surface area (Å²) in [5, 5.41) is 0.154. The van der Waals surface area contributed by atoms with E-state index < -0.39 is 10.0 Å². The van der Waals surface area contributed by atoms with Crippen molar-refractivity contribution in [1.82, 2.24) is 9.62 Å². The number of nitrogens with one attached hydrogen (secondary N) is 1. The summed E-state index contributed by atoms with van der Waals surface area (Å²) in [5.41, 5.74) is 0.164. The quantitative estimate of drug-likeness (QED) is 0.892. The molecule has 1 fully saturated rings. The number of nitrogens with zero attached hydrogens (tertiary/aromatic N) is 1. The van der Waals surface area contributed by atoms with Gasteiger partial charge in [0.15, 0.2) is 0 Å². The van der Waals surface area contributed by atoms with Gasteiger partial charge >= 0.3 is 0 Å². The number of likely N-dealkylation sites (tertiary alicyclic amines) is 1. The molecule has 1 aromatic carbocycles. The molecular weight excluding hydrogens is 347 g/mol. The molecule has 8 heteroatoms. The summed E-state index contributed by atoms with van der Waals surface area (Å²) in [6, 6.07) is 2.28. The third-order valence-corrected chi connectivity index (χ3v) is 5.76. The predicted molar refractivity (Wildman–Crippen MR) is 87.1 cm³/mol. The third-order valence-electron chi connectivity index (χ3n) is 3.33. The van der Waals surface area contributed by atoms with Crippen LogP contribution in [-0.2, 0) is 10.0 Å². The van der Waals surface area contributed by atoms with E-state index in [2.05, 4.69) is 4.72 Å². The second-order valence-corrected chi connectivity index (χ2v) is 8.03. The molecule has 1 aliphatic rings. The first-order valence-corrected chi connectivity index (χ1v) is 9.27. The van der Waals surface area contributed by atoms with Gasteiger partial charge in [0.1, 0.15) is 4.90 Å². The molecule has 122 valence electrons. The molecule has 0 aliphatic carbocycles. The van der Waals surface area contributed by atoms with Crippen LogP contribution < -0.4 is 4.72 Å². The van der Waals surface area contributed by atoms with E-state index in [-0.39, 0.29) is 32.5 Å². The molecule has 0 unspecified atom stereocenters. The van der Waals surface area contributed by atoms with E-state index in [0.29, 0.717) is 13.1 Å². The Hall–Kier alpha value is -0.820. The van der Waals surface area contributed by atoms with Gasteiger partial charge in [0, 0.05) is 19.1 Å². The van der Waals surface area contributed by atoms with E-state index in [1.807, 2.05) is 0 Å². The zero-order valence-electron chi connectivity index (χ0n) is 12.4. The van der Waals surface area contributed by atoms with E-state index in [9.17, 15) is 13.2 Å². The van der Waals surface area contributed by atoms with Gasteiger partial charge in [-0.1, -0.05) is 23.2 Å². The van der Waals surface area contributed by atoms with Crippen LogP contribution in [0.3, 0.4) is 0 Å².